The zero-order valence-electron chi connectivity index (χ0n) is 56.6. The molecule has 0 amide bonds. The number of halogens is 5. The summed E-state index contributed by atoms with van der Waals surface area (Å²) in [4.78, 5) is 33.9. The Morgan fingerprint density at radius 2 is 1.10 bits per heavy atom. The van der Waals surface area contributed by atoms with Crippen LogP contribution < -0.4 is 16.0 Å². The lowest BCUT2D eigenvalue weighted by Gasteiger charge is -2.34. The molecule has 3 saturated heterocycles. The number of nitrogens with zero attached hydrogens (tertiary/aromatic N) is 8. The van der Waals surface area contributed by atoms with Gasteiger partial charge in [0.15, 0.2) is 5.82 Å². The number of benzene rings is 5. The summed E-state index contributed by atoms with van der Waals surface area (Å²) < 4.78 is 53.4. The minimum Gasteiger partial charge on any atom is -0.317 e. The summed E-state index contributed by atoms with van der Waals surface area (Å²) in [5.41, 5.74) is 10.5. The molecule has 7 heterocycles. The molecule has 512 valence electrons. The van der Waals surface area contributed by atoms with Crippen molar-refractivity contribution in [1.29, 1.82) is 0 Å². The number of hydrogen-bond acceptors (Lipinski definition) is 12. The Morgan fingerprint density at radius 3 is 1.71 bits per heavy atom. The fraction of sp³-hybridized carbons (Fsp3) is 0.425. The number of thiophene rings is 1. The Labute approximate surface area is 581 Å². The van der Waals surface area contributed by atoms with Crippen LogP contribution in [0.25, 0.3) is 33.8 Å². The highest BCUT2D eigenvalue weighted by atomic mass is 35.5. The summed E-state index contributed by atoms with van der Waals surface area (Å²) in [6, 6.07) is 47.9. The smallest absolute Gasteiger partial charge is 0.317 e. The lowest BCUT2D eigenvalue weighted by atomic mass is 9.91. The van der Waals surface area contributed by atoms with E-state index in [9.17, 15) is 17.6 Å². The second kappa shape index (κ2) is 38.3. The second-order valence-corrected chi connectivity index (χ2v) is 27.6. The predicted octanol–water partition coefficient (Wildman–Crippen LogP) is 17.2. The van der Waals surface area contributed by atoms with E-state index in [-0.39, 0.29) is 5.82 Å². The first kappa shape index (κ1) is 72.6. The van der Waals surface area contributed by atoms with E-state index in [1.165, 1.54) is 109 Å². The monoisotopic (exact) mass is 1350 g/mol. The summed E-state index contributed by atoms with van der Waals surface area (Å²) >= 11 is 7.89. The summed E-state index contributed by atoms with van der Waals surface area (Å²) in [5, 5.41) is 13.3. The Balaban J connectivity index is 0.000000158. The summed E-state index contributed by atoms with van der Waals surface area (Å²) in [5.74, 6) is 3.53. The highest BCUT2D eigenvalue weighted by Gasteiger charge is 2.30. The van der Waals surface area contributed by atoms with Gasteiger partial charge in [0.2, 0.25) is 0 Å². The SMILES string of the molecule is CCN(Cc1cccc(-c2ccnc(CCCc3cccc(C(F)(F)F)c3)n2)c1)C1CCNCC1.CCN(Cc1cccc(-c2ccnc(CCCc3cccs3)n2)c1)C[C@H]1CCCNC1.Fc1cnc(CCCc2cccc(Cl)c2)nc1-c1cccc(CCC2CCNCC2)c1. The van der Waals surface area contributed by atoms with Crippen molar-refractivity contribution in [3.8, 4) is 33.8 Å². The lowest BCUT2D eigenvalue weighted by molar-refractivity contribution is -0.137. The average Bonchev–Trinajstić information content (AvgIpc) is 1.34. The molecule has 4 aromatic heterocycles. The number of rotatable bonds is 27. The molecule has 3 N–H and O–H groups in total. The molecule has 5 aromatic carbocycles. The van der Waals surface area contributed by atoms with Gasteiger partial charge in [-0.3, -0.25) is 9.80 Å². The van der Waals surface area contributed by atoms with Crippen LogP contribution in [0.4, 0.5) is 17.6 Å². The molecule has 0 unspecified atom stereocenters. The molecule has 0 saturated carbocycles. The van der Waals surface area contributed by atoms with Crippen LogP contribution in [0.3, 0.4) is 0 Å². The third-order valence-corrected chi connectivity index (χ3v) is 20.0. The van der Waals surface area contributed by atoms with Gasteiger partial charge in [0.1, 0.15) is 23.2 Å². The van der Waals surface area contributed by atoms with Gasteiger partial charge in [0.25, 0.3) is 0 Å². The largest absolute Gasteiger partial charge is 0.416 e. The minimum absolute atomic E-state index is 0.367. The molecule has 17 heteroatoms. The van der Waals surface area contributed by atoms with Crippen molar-refractivity contribution in [3.63, 3.8) is 0 Å². The van der Waals surface area contributed by atoms with Crippen molar-refractivity contribution in [2.75, 3.05) is 58.9 Å². The minimum atomic E-state index is -4.32. The van der Waals surface area contributed by atoms with Gasteiger partial charge in [-0.05, 0) is 242 Å². The van der Waals surface area contributed by atoms with Gasteiger partial charge in [0.05, 0.1) is 23.1 Å². The molecule has 12 rings (SSSR count). The Morgan fingerprint density at radius 1 is 0.526 bits per heavy atom. The summed E-state index contributed by atoms with van der Waals surface area (Å²) in [6.45, 7) is 16.5. The quantitative estimate of drug-likeness (QED) is 0.0427. The van der Waals surface area contributed by atoms with E-state index < -0.39 is 11.7 Å². The molecule has 1 atom stereocenters. The van der Waals surface area contributed by atoms with E-state index >= 15 is 0 Å². The van der Waals surface area contributed by atoms with E-state index in [4.69, 9.17) is 21.6 Å². The number of hydrogen-bond donors (Lipinski definition) is 3. The molecule has 3 fully saturated rings. The summed E-state index contributed by atoms with van der Waals surface area (Å²) in [6.07, 6.45) is 17.8. The molecule has 0 radical (unpaired) electrons. The van der Waals surface area contributed by atoms with Crippen molar-refractivity contribution < 1.29 is 17.6 Å². The molecule has 0 bridgehead atoms. The van der Waals surface area contributed by atoms with E-state index in [1.54, 1.807) is 12.3 Å². The maximum Gasteiger partial charge on any atom is 0.416 e. The zero-order chi connectivity index (χ0) is 67.4. The third kappa shape index (κ3) is 23.8. The lowest BCUT2D eigenvalue weighted by Crippen LogP contribution is -2.42. The average molecular weight is 1360 g/mol. The maximum atomic E-state index is 14.5. The highest BCUT2D eigenvalue weighted by molar-refractivity contribution is 7.09. The predicted molar refractivity (Wildman–Crippen MR) is 388 cm³/mol. The standard InChI is InChI=1S/C28H33F3N4.C26H29ClFN3.C26H34N4S/c1-2-35(25-12-15-32-16-13-25)20-22-8-3-9-23(18-22)26-14-17-33-27(34-26)11-5-7-21-6-4-10-24(19-21)28(29,30)31;27-23-8-2-5-20(17-23)6-3-9-25-30-18-24(28)26(31-25)22-7-1-4-21(16-22)11-10-19-12-14-29-15-13-19;1-2-30(20-22-8-5-14-27-18-22)19-21-7-3-9-23(17-21)25-13-15-28-26(29-25)12-4-10-24-11-6-16-31-24/h3-4,6,8-10,14,17-19,25,32H,2,5,7,11-13,15-16,20H2,1H3;1-2,4-5,7-8,16-19,29H,3,6,9-15H2;3,6-7,9,11,13,15-17,22,27H,2,4-5,8,10,12,14,18-20H2,1H3/t;;22-/m..0/s1. The van der Waals surface area contributed by atoms with Gasteiger partial charge in [0, 0.05) is 83.9 Å². The number of aryl methyl sites for hydroxylation is 7. The van der Waals surface area contributed by atoms with Crippen LogP contribution in [0.1, 0.15) is 134 Å². The van der Waals surface area contributed by atoms with Crippen molar-refractivity contribution in [1.82, 2.24) is 55.7 Å². The highest BCUT2D eigenvalue weighted by Crippen LogP contribution is 2.31. The number of alkyl halides is 3. The van der Waals surface area contributed by atoms with Crippen LogP contribution in [0, 0.1) is 17.7 Å². The van der Waals surface area contributed by atoms with Gasteiger partial charge in [-0.2, -0.15) is 13.2 Å². The normalized spacial score (nSPS) is 15.4. The first-order chi connectivity index (χ1) is 47.4. The fourth-order valence-electron chi connectivity index (χ4n) is 13.4. The summed E-state index contributed by atoms with van der Waals surface area (Å²) in [7, 11) is 0. The number of piperidine rings is 3. The molecule has 0 spiro atoms. The Kier molecular flexibility index (Phi) is 28.6. The topological polar surface area (TPSA) is 120 Å². The van der Waals surface area contributed by atoms with E-state index in [0.717, 1.165) is 149 Å². The van der Waals surface area contributed by atoms with Gasteiger partial charge in [-0.1, -0.05) is 116 Å². The van der Waals surface area contributed by atoms with Crippen molar-refractivity contribution in [2.24, 2.45) is 11.8 Å². The van der Waals surface area contributed by atoms with Gasteiger partial charge >= 0.3 is 6.18 Å². The van der Waals surface area contributed by atoms with Gasteiger partial charge < -0.3 is 16.0 Å². The third-order valence-electron chi connectivity index (χ3n) is 18.8. The Bertz CT molecular complexity index is 3800. The second-order valence-electron chi connectivity index (χ2n) is 26.1. The molecule has 9 aromatic rings. The van der Waals surface area contributed by atoms with Crippen LogP contribution in [0.15, 0.2) is 170 Å². The van der Waals surface area contributed by atoms with E-state index in [1.807, 2.05) is 60.0 Å². The molecule has 3 aliphatic heterocycles. The van der Waals surface area contributed by atoms with E-state index in [0.29, 0.717) is 54.6 Å². The maximum absolute atomic E-state index is 14.5. The van der Waals surface area contributed by atoms with Crippen molar-refractivity contribution >= 4 is 22.9 Å². The fourth-order valence-corrected chi connectivity index (χ4v) is 14.4. The Hall–Kier alpha value is -7.15. The van der Waals surface area contributed by atoms with E-state index in [2.05, 4.69) is 144 Å². The van der Waals surface area contributed by atoms with Crippen molar-refractivity contribution in [2.45, 2.75) is 148 Å². The van der Waals surface area contributed by atoms with Crippen molar-refractivity contribution in [3.05, 3.63) is 236 Å². The van der Waals surface area contributed by atoms with Gasteiger partial charge in [-0.15, -0.1) is 11.3 Å². The first-order valence-electron chi connectivity index (χ1n) is 35.3. The van der Waals surface area contributed by atoms with Gasteiger partial charge in [-0.25, -0.2) is 34.3 Å². The van der Waals surface area contributed by atoms with Crippen LogP contribution in [-0.4, -0.2) is 105 Å². The first-order valence-corrected chi connectivity index (χ1v) is 36.6. The number of nitrogens with one attached hydrogen (secondary N) is 3. The molecular formula is C80H96ClF4N11S. The molecular weight excluding hydrogens is 1260 g/mol. The van der Waals surface area contributed by atoms with Crippen LogP contribution in [0.2, 0.25) is 5.02 Å². The molecule has 11 nitrogen and oxygen atoms in total. The number of aromatic nitrogens is 6. The molecule has 3 aliphatic rings. The van der Waals surface area contributed by atoms with Crippen LogP contribution in [-0.2, 0) is 64.2 Å². The molecule has 97 heavy (non-hydrogen) atoms. The van der Waals surface area contributed by atoms with Crippen LogP contribution >= 0.6 is 22.9 Å². The zero-order valence-corrected chi connectivity index (χ0v) is 58.1. The van der Waals surface area contributed by atoms with Crippen LogP contribution in [0.5, 0.6) is 0 Å². The molecule has 0 aliphatic carbocycles.